The van der Waals surface area contributed by atoms with Gasteiger partial charge in [-0.2, -0.15) is 4.98 Å². The largest absolute Gasteiger partial charge is 0.493 e. The van der Waals surface area contributed by atoms with Crippen LogP contribution in [0.4, 0.5) is 10.1 Å². The van der Waals surface area contributed by atoms with Crippen LogP contribution in [0.15, 0.2) is 53.1 Å². The van der Waals surface area contributed by atoms with Crippen LogP contribution in [0.5, 0.6) is 5.75 Å². The fraction of sp³-hybridized carbons (Fsp3) is 0.500. The van der Waals surface area contributed by atoms with Crippen molar-refractivity contribution >= 4 is 11.7 Å². The average molecular weight is 687 g/mol. The Balaban J connectivity index is 1.52. The molecule has 268 valence electrons. The molecule has 10 heteroatoms. The summed E-state index contributed by atoms with van der Waals surface area (Å²) >= 11 is 0. The summed E-state index contributed by atoms with van der Waals surface area (Å²) in [6.07, 6.45) is 0.973. The number of aryl methyl sites for hydroxylation is 2. The Kier molecular flexibility index (Phi) is 11.6. The highest BCUT2D eigenvalue weighted by Gasteiger charge is 2.37. The Hall–Kier alpha value is -4.31. The highest BCUT2D eigenvalue weighted by Crippen LogP contribution is 2.45. The molecule has 1 atom stereocenters. The third-order valence-corrected chi connectivity index (χ3v) is 8.73. The lowest BCUT2D eigenvalue weighted by atomic mass is 9.90. The van der Waals surface area contributed by atoms with E-state index in [4.69, 9.17) is 28.7 Å². The molecule has 50 heavy (non-hydrogen) atoms. The Morgan fingerprint density at radius 3 is 2.20 bits per heavy atom. The van der Waals surface area contributed by atoms with Gasteiger partial charge in [0.2, 0.25) is 5.89 Å². The molecule has 4 aromatic rings. The van der Waals surface area contributed by atoms with Crippen molar-refractivity contribution in [3.8, 4) is 16.9 Å². The van der Waals surface area contributed by atoms with Crippen LogP contribution in [0, 0.1) is 19.7 Å². The molecule has 1 aliphatic rings. The minimum atomic E-state index is -0.990. The summed E-state index contributed by atoms with van der Waals surface area (Å²) < 4.78 is 37.4. The molecule has 0 bridgehead atoms. The summed E-state index contributed by atoms with van der Waals surface area (Å²) in [6.45, 7) is 19.4. The molecule has 0 amide bonds. The van der Waals surface area contributed by atoms with E-state index >= 15 is 0 Å². The highest BCUT2D eigenvalue weighted by molar-refractivity contribution is 5.88. The van der Waals surface area contributed by atoms with Crippen LogP contribution in [-0.2, 0) is 20.7 Å². The number of halogens is 1. The third-order valence-electron chi connectivity index (χ3n) is 8.73. The summed E-state index contributed by atoms with van der Waals surface area (Å²) in [5.41, 5.74) is 5.45. The van der Waals surface area contributed by atoms with Gasteiger partial charge in [0.25, 0.3) is 0 Å². The maximum absolute atomic E-state index is 13.9. The van der Waals surface area contributed by atoms with Crippen LogP contribution in [0.2, 0.25) is 0 Å². The predicted octanol–water partition coefficient (Wildman–Crippen LogP) is 8.82. The van der Waals surface area contributed by atoms with Gasteiger partial charge in [-0.1, -0.05) is 43.3 Å². The fourth-order valence-corrected chi connectivity index (χ4v) is 6.36. The van der Waals surface area contributed by atoms with Gasteiger partial charge in [0.15, 0.2) is 11.9 Å². The number of aromatic nitrogens is 3. The summed E-state index contributed by atoms with van der Waals surface area (Å²) in [7, 11) is 0. The Labute approximate surface area is 295 Å². The van der Waals surface area contributed by atoms with E-state index in [1.807, 2.05) is 72.7 Å². The number of piperidine rings is 1. The zero-order valence-corrected chi connectivity index (χ0v) is 30.9. The van der Waals surface area contributed by atoms with Crippen molar-refractivity contribution in [2.75, 3.05) is 24.6 Å². The number of hydrogen-bond acceptors (Lipinski definition) is 9. The van der Waals surface area contributed by atoms with Gasteiger partial charge < -0.3 is 23.6 Å². The quantitative estimate of drug-likeness (QED) is 0.135. The predicted molar refractivity (Wildman–Crippen MR) is 192 cm³/mol. The van der Waals surface area contributed by atoms with E-state index in [1.54, 1.807) is 12.1 Å². The molecule has 2 aromatic carbocycles. The van der Waals surface area contributed by atoms with Gasteiger partial charge in [0, 0.05) is 53.9 Å². The lowest BCUT2D eigenvalue weighted by Gasteiger charge is -2.38. The standard InChI is InChI=1S/C40H51FN4O5/c1-24(2)37-43-38(50-44-37)30-18-21-45(22-19-30)35-33(29-12-16-32(17-13-29)47-23-20-28-10-14-31(41)15-11-28)26(5)42-27(6)34(35)36(49-40(7,8)9)39(46)48-25(3)4/h10-17,24-25,30,36H,18-23H2,1-9H3. The van der Waals surface area contributed by atoms with Crippen molar-refractivity contribution in [1.29, 1.82) is 0 Å². The first-order valence-electron chi connectivity index (χ1n) is 17.7. The molecule has 1 saturated heterocycles. The Morgan fingerprint density at radius 2 is 1.62 bits per heavy atom. The van der Waals surface area contributed by atoms with Crippen molar-refractivity contribution in [3.05, 3.63) is 88.6 Å². The number of pyridine rings is 1. The number of rotatable bonds is 12. The second-order valence-corrected chi connectivity index (χ2v) is 14.7. The van der Waals surface area contributed by atoms with Crippen molar-refractivity contribution in [1.82, 2.24) is 15.1 Å². The number of hydrogen-bond donors (Lipinski definition) is 0. The van der Waals surface area contributed by atoms with E-state index < -0.39 is 17.7 Å². The molecule has 2 aromatic heterocycles. The number of carbonyl (C=O) groups is 1. The number of ether oxygens (including phenoxy) is 3. The van der Waals surface area contributed by atoms with Gasteiger partial charge >= 0.3 is 5.97 Å². The van der Waals surface area contributed by atoms with Crippen LogP contribution in [0.1, 0.15) is 113 Å². The number of esters is 1. The second-order valence-electron chi connectivity index (χ2n) is 14.7. The monoisotopic (exact) mass is 686 g/mol. The summed E-state index contributed by atoms with van der Waals surface area (Å²) in [5.74, 6) is 1.77. The fourth-order valence-electron chi connectivity index (χ4n) is 6.36. The topological polar surface area (TPSA) is 99.8 Å². The van der Waals surface area contributed by atoms with E-state index in [2.05, 4.69) is 23.9 Å². The molecule has 1 fully saturated rings. The molecule has 0 aliphatic carbocycles. The zero-order chi connectivity index (χ0) is 36.2. The SMILES string of the molecule is Cc1nc(C)c(C(OC(C)(C)C)C(=O)OC(C)C)c(N2CCC(c3nc(C(C)C)no3)CC2)c1-c1ccc(OCCc2ccc(F)cc2)cc1. The highest BCUT2D eigenvalue weighted by atomic mass is 19.1. The van der Waals surface area contributed by atoms with Crippen LogP contribution >= 0.6 is 0 Å². The minimum Gasteiger partial charge on any atom is -0.493 e. The average Bonchev–Trinajstić information content (AvgIpc) is 3.55. The van der Waals surface area contributed by atoms with Gasteiger partial charge in [-0.15, -0.1) is 0 Å². The van der Waals surface area contributed by atoms with Crippen LogP contribution in [-0.4, -0.2) is 52.5 Å². The minimum absolute atomic E-state index is 0.140. The molecule has 1 aliphatic heterocycles. The molecular formula is C40H51FN4O5. The van der Waals surface area contributed by atoms with Gasteiger partial charge in [0.05, 0.1) is 24.0 Å². The van der Waals surface area contributed by atoms with Crippen molar-refractivity contribution in [2.45, 2.75) is 111 Å². The van der Waals surface area contributed by atoms with E-state index in [0.717, 1.165) is 58.2 Å². The summed E-state index contributed by atoms with van der Waals surface area (Å²) in [5, 5.41) is 4.20. The number of anilines is 1. The smallest absolute Gasteiger partial charge is 0.340 e. The first-order valence-corrected chi connectivity index (χ1v) is 17.7. The molecule has 0 N–H and O–H groups in total. The first kappa shape index (κ1) is 37.0. The van der Waals surface area contributed by atoms with Crippen LogP contribution in [0.3, 0.4) is 0 Å². The van der Waals surface area contributed by atoms with Crippen molar-refractivity contribution < 1.29 is 27.9 Å². The van der Waals surface area contributed by atoms with E-state index in [9.17, 15) is 9.18 Å². The maximum Gasteiger partial charge on any atom is 0.340 e. The molecule has 3 heterocycles. The maximum atomic E-state index is 13.9. The van der Waals surface area contributed by atoms with E-state index in [-0.39, 0.29) is 23.8 Å². The molecule has 1 unspecified atom stereocenters. The third kappa shape index (κ3) is 9.07. The van der Waals surface area contributed by atoms with Crippen LogP contribution < -0.4 is 9.64 Å². The molecular weight excluding hydrogens is 635 g/mol. The van der Waals surface area contributed by atoms with Gasteiger partial charge in [-0.25, -0.2) is 9.18 Å². The molecule has 0 spiro atoms. The molecule has 0 radical (unpaired) electrons. The van der Waals surface area contributed by atoms with Crippen LogP contribution in [0.25, 0.3) is 11.1 Å². The second kappa shape index (κ2) is 15.7. The van der Waals surface area contributed by atoms with E-state index in [0.29, 0.717) is 37.6 Å². The zero-order valence-electron chi connectivity index (χ0n) is 30.9. The molecule has 9 nitrogen and oxygen atoms in total. The van der Waals surface area contributed by atoms with E-state index in [1.165, 1.54) is 12.1 Å². The van der Waals surface area contributed by atoms with Gasteiger partial charge in [0.1, 0.15) is 11.6 Å². The molecule has 5 rings (SSSR count). The summed E-state index contributed by atoms with van der Waals surface area (Å²) in [6, 6.07) is 14.4. The summed E-state index contributed by atoms with van der Waals surface area (Å²) in [4.78, 5) is 25.9. The van der Waals surface area contributed by atoms with Crippen molar-refractivity contribution in [3.63, 3.8) is 0 Å². The lowest BCUT2D eigenvalue weighted by molar-refractivity contribution is -0.171. The lowest BCUT2D eigenvalue weighted by Crippen LogP contribution is -2.37. The van der Waals surface area contributed by atoms with Gasteiger partial charge in [-0.05, 0) is 96.7 Å². The number of nitrogens with zero attached hydrogens (tertiary/aromatic N) is 4. The van der Waals surface area contributed by atoms with Crippen molar-refractivity contribution in [2.24, 2.45) is 0 Å². The number of benzene rings is 2. The van der Waals surface area contributed by atoms with Gasteiger partial charge in [-0.3, -0.25) is 4.98 Å². The number of carbonyl (C=O) groups excluding carboxylic acids is 1. The Bertz CT molecular complexity index is 1740. The molecule has 0 saturated carbocycles. The first-order chi connectivity index (χ1) is 23.7. The normalized spacial score (nSPS) is 14.8. The Morgan fingerprint density at radius 1 is 0.960 bits per heavy atom.